The summed E-state index contributed by atoms with van der Waals surface area (Å²) in [6, 6.07) is 6.00. The number of nitrogens with one attached hydrogen (secondary N) is 1. The van der Waals surface area contributed by atoms with E-state index < -0.39 is 0 Å². The Bertz CT molecular complexity index is 395. The maximum Gasteiger partial charge on any atom is 0.160 e. The number of ether oxygens (including phenoxy) is 2. The van der Waals surface area contributed by atoms with Crippen LogP contribution in [0.15, 0.2) is 18.2 Å². The standard InChI is InChI=1S/C14H21NO3/c1-17-13-4-3-10(7-14(13)18-2)12-8-15-6-5-11(12)9-16/h3-4,7,11-12,15-16H,5-6,8-9H2,1-2H3. The quantitative estimate of drug-likeness (QED) is 0.849. The molecule has 1 saturated heterocycles. The lowest BCUT2D eigenvalue weighted by Crippen LogP contribution is -2.36. The summed E-state index contributed by atoms with van der Waals surface area (Å²) in [5, 5.41) is 12.8. The van der Waals surface area contributed by atoms with Gasteiger partial charge in [-0.15, -0.1) is 0 Å². The summed E-state index contributed by atoms with van der Waals surface area (Å²) < 4.78 is 10.6. The molecular weight excluding hydrogens is 230 g/mol. The van der Waals surface area contributed by atoms with E-state index in [2.05, 4.69) is 11.4 Å². The minimum Gasteiger partial charge on any atom is -0.493 e. The topological polar surface area (TPSA) is 50.7 Å². The average Bonchev–Trinajstić information content (AvgIpc) is 2.46. The third kappa shape index (κ3) is 2.60. The highest BCUT2D eigenvalue weighted by atomic mass is 16.5. The van der Waals surface area contributed by atoms with Gasteiger partial charge in [-0.2, -0.15) is 0 Å². The number of benzene rings is 1. The summed E-state index contributed by atoms with van der Waals surface area (Å²) >= 11 is 0. The Labute approximate surface area is 108 Å². The van der Waals surface area contributed by atoms with Crippen LogP contribution in [0.3, 0.4) is 0 Å². The van der Waals surface area contributed by atoms with Crippen LogP contribution in [0.5, 0.6) is 11.5 Å². The van der Waals surface area contributed by atoms with Crippen LogP contribution in [0.4, 0.5) is 0 Å². The highest BCUT2D eigenvalue weighted by Crippen LogP contribution is 2.35. The molecule has 1 aromatic carbocycles. The van der Waals surface area contributed by atoms with E-state index in [1.807, 2.05) is 12.1 Å². The van der Waals surface area contributed by atoms with Crippen LogP contribution in [0.2, 0.25) is 0 Å². The second kappa shape index (κ2) is 6.07. The van der Waals surface area contributed by atoms with Gasteiger partial charge in [0.2, 0.25) is 0 Å². The predicted molar refractivity (Wildman–Crippen MR) is 70.3 cm³/mol. The van der Waals surface area contributed by atoms with Gasteiger partial charge >= 0.3 is 0 Å². The van der Waals surface area contributed by atoms with Gasteiger partial charge in [0.1, 0.15) is 0 Å². The second-order valence-electron chi connectivity index (χ2n) is 4.66. The molecule has 2 atom stereocenters. The highest BCUT2D eigenvalue weighted by molar-refractivity contribution is 5.44. The third-order valence-electron chi connectivity index (χ3n) is 3.70. The summed E-state index contributed by atoms with van der Waals surface area (Å²) in [6.07, 6.45) is 1.01. The van der Waals surface area contributed by atoms with E-state index in [1.54, 1.807) is 14.2 Å². The normalized spacial score (nSPS) is 23.7. The summed E-state index contributed by atoms with van der Waals surface area (Å²) in [6.45, 7) is 2.12. The Balaban J connectivity index is 2.26. The molecule has 4 heteroatoms. The molecule has 2 N–H and O–H groups in total. The van der Waals surface area contributed by atoms with E-state index in [9.17, 15) is 5.11 Å². The Morgan fingerprint density at radius 3 is 2.72 bits per heavy atom. The zero-order chi connectivity index (χ0) is 13.0. The molecule has 0 spiro atoms. The number of aliphatic hydroxyl groups excluding tert-OH is 1. The predicted octanol–water partition coefficient (Wildman–Crippen LogP) is 1.39. The van der Waals surface area contributed by atoms with Crippen molar-refractivity contribution in [3.8, 4) is 11.5 Å². The first-order chi connectivity index (χ1) is 8.80. The lowest BCUT2D eigenvalue weighted by Gasteiger charge is -2.31. The van der Waals surface area contributed by atoms with Crippen molar-refractivity contribution in [2.45, 2.75) is 12.3 Å². The summed E-state index contributed by atoms with van der Waals surface area (Å²) in [7, 11) is 3.28. The van der Waals surface area contributed by atoms with Crippen LogP contribution in [0, 0.1) is 5.92 Å². The molecule has 1 fully saturated rings. The molecule has 0 amide bonds. The molecule has 2 unspecified atom stereocenters. The van der Waals surface area contributed by atoms with Crippen LogP contribution >= 0.6 is 0 Å². The molecule has 0 radical (unpaired) electrons. The van der Waals surface area contributed by atoms with Crippen LogP contribution in [0.1, 0.15) is 17.9 Å². The minimum atomic E-state index is 0.237. The number of methoxy groups -OCH3 is 2. The zero-order valence-electron chi connectivity index (χ0n) is 11.0. The van der Waals surface area contributed by atoms with Crippen molar-refractivity contribution in [2.24, 2.45) is 5.92 Å². The van der Waals surface area contributed by atoms with E-state index in [-0.39, 0.29) is 6.61 Å². The largest absolute Gasteiger partial charge is 0.493 e. The van der Waals surface area contributed by atoms with Gasteiger partial charge in [-0.1, -0.05) is 6.07 Å². The molecule has 1 aliphatic rings. The van der Waals surface area contributed by atoms with E-state index in [4.69, 9.17) is 9.47 Å². The van der Waals surface area contributed by atoms with Gasteiger partial charge in [-0.25, -0.2) is 0 Å². The molecular formula is C14H21NO3. The van der Waals surface area contributed by atoms with Crippen LogP contribution in [-0.4, -0.2) is 39.0 Å². The van der Waals surface area contributed by atoms with Crippen molar-refractivity contribution in [2.75, 3.05) is 33.9 Å². The Morgan fingerprint density at radius 2 is 2.06 bits per heavy atom. The molecule has 4 nitrogen and oxygen atoms in total. The van der Waals surface area contributed by atoms with Gasteiger partial charge in [0.15, 0.2) is 11.5 Å². The fraction of sp³-hybridized carbons (Fsp3) is 0.571. The maximum atomic E-state index is 9.47. The number of aliphatic hydroxyl groups is 1. The third-order valence-corrected chi connectivity index (χ3v) is 3.70. The van der Waals surface area contributed by atoms with Crippen molar-refractivity contribution in [1.29, 1.82) is 0 Å². The van der Waals surface area contributed by atoms with E-state index in [1.165, 1.54) is 5.56 Å². The minimum absolute atomic E-state index is 0.237. The number of piperidine rings is 1. The first-order valence-electron chi connectivity index (χ1n) is 6.33. The molecule has 1 aliphatic heterocycles. The smallest absolute Gasteiger partial charge is 0.160 e. The summed E-state index contributed by atoms with van der Waals surface area (Å²) in [5.41, 5.74) is 1.19. The monoisotopic (exact) mass is 251 g/mol. The van der Waals surface area contributed by atoms with Crippen LogP contribution in [-0.2, 0) is 0 Å². The Hall–Kier alpha value is -1.26. The summed E-state index contributed by atoms with van der Waals surface area (Å²) in [5.74, 6) is 2.15. The molecule has 18 heavy (non-hydrogen) atoms. The molecule has 0 bridgehead atoms. The van der Waals surface area contributed by atoms with Crippen molar-refractivity contribution in [3.05, 3.63) is 23.8 Å². The molecule has 2 rings (SSSR count). The average molecular weight is 251 g/mol. The van der Waals surface area contributed by atoms with E-state index >= 15 is 0 Å². The van der Waals surface area contributed by atoms with Gasteiger partial charge in [-0.05, 0) is 36.6 Å². The van der Waals surface area contributed by atoms with E-state index in [0.717, 1.165) is 31.0 Å². The number of hydrogen-bond acceptors (Lipinski definition) is 4. The first kappa shape index (κ1) is 13.2. The van der Waals surface area contributed by atoms with Gasteiger partial charge in [0.05, 0.1) is 14.2 Å². The van der Waals surface area contributed by atoms with Gasteiger partial charge < -0.3 is 19.9 Å². The fourth-order valence-electron chi connectivity index (χ4n) is 2.60. The van der Waals surface area contributed by atoms with Gasteiger partial charge in [-0.3, -0.25) is 0 Å². The van der Waals surface area contributed by atoms with E-state index in [0.29, 0.717) is 11.8 Å². The molecule has 100 valence electrons. The highest BCUT2D eigenvalue weighted by Gasteiger charge is 2.26. The molecule has 1 heterocycles. The van der Waals surface area contributed by atoms with Crippen molar-refractivity contribution >= 4 is 0 Å². The fourth-order valence-corrected chi connectivity index (χ4v) is 2.60. The van der Waals surface area contributed by atoms with Gasteiger partial charge in [0, 0.05) is 19.1 Å². The lowest BCUT2D eigenvalue weighted by molar-refractivity contribution is 0.176. The zero-order valence-corrected chi connectivity index (χ0v) is 11.0. The SMILES string of the molecule is COc1ccc(C2CNCCC2CO)cc1OC. The molecule has 0 aromatic heterocycles. The first-order valence-corrected chi connectivity index (χ1v) is 6.33. The van der Waals surface area contributed by atoms with Crippen molar-refractivity contribution in [3.63, 3.8) is 0 Å². The molecule has 0 saturated carbocycles. The molecule has 0 aliphatic carbocycles. The number of hydrogen-bond donors (Lipinski definition) is 2. The van der Waals surface area contributed by atoms with Crippen LogP contribution < -0.4 is 14.8 Å². The summed E-state index contributed by atoms with van der Waals surface area (Å²) in [4.78, 5) is 0. The number of rotatable bonds is 4. The van der Waals surface area contributed by atoms with Crippen molar-refractivity contribution in [1.82, 2.24) is 5.32 Å². The maximum absolute atomic E-state index is 9.47. The van der Waals surface area contributed by atoms with Crippen molar-refractivity contribution < 1.29 is 14.6 Å². The Kier molecular flexibility index (Phi) is 4.44. The van der Waals surface area contributed by atoms with Crippen LogP contribution in [0.25, 0.3) is 0 Å². The Morgan fingerprint density at radius 1 is 1.28 bits per heavy atom. The second-order valence-corrected chi connectivity index (χ2v) is 4.66. The lowest BCUT2D eigenvalue weighted by atomic mass is 9.82. The molecule has 1 aromatic rings. The van der Waals surface area contributed by atoms with Gasteiger partial charge in [0.25, 0.3) is 0 Å².